The largest absolute Gasteiger partial charge is 0.361 e. The number of rotatable bonds is 6. The van der Waals surface area contributed by atoms with Gasteiger partial charge in [-0.25, -0.2) is 0 Å². The van der Waals surface area contributed by atoms with E-state index in [1.807, 2.05) is 43.3 Å². The summed E-state index contributed by atoms with van der Waals surface area (Å²) in [7, 11) is 0. The molecule has 2 aromatic carbocycles. The number of carbonyl (C=O) groups excluding carboxylic acids is 1. The molecule has 24 heavy (non-hydrogen) atoms. The van der Waals surface area contributed by atoms with Gasteiger partial charge in [-0.1, -0.05) is 29.3 Å². The number of benzene rings is 2. The van der Waals surface area contributed by atoms with Crippen LogP contribution in [-0.2, 0) is 4.79 Å². The molecule has 0 radical (unpaired) electrons. The van der Waals surface area contributed by atoms with Gasteiger partial charge in [-0.3, -0.25) is 9.69 Å². The molecule has 1 amide bonds. The summed E-state index contributed by atoms with van der Waals surface area (Å²) in [6, 6.07) is 14.8. The predicted molar refractivity (Wildman–Crippen MR) is 103 cm³/mol. The lowest BCUT2D eigenvalue weighted by Gasteiger charge is -2.21. The summed E-state index contributed by atoms with van der Waals surface area (Å²) in [5.41, 5.74) is 3.22. The second-order valence-electron chi connectivity index (χ2n) is 5.31. The van der Waals surface area contributed by atoms with Crippen molar-refractivity contribution in [3.63, 3.8) is 0 Å². The summed E-state index contributed by atoms with van der Waals surface area (Å²) in [5.74, 6) is -0.0181. The summed E-state index contributed by atoms with van der Waals surface area (Å²) >= 11 is 6.46. The van der Waals surface area contributed by atoms with Crippen molar-refractivity contribution in [1.82, 2.24) is 0 Å². The van der Waals surface area contributed by atoms with E-state index in [0.717, 1.165) is 16.9 Å². The van der Waals surface area contributed by atoms with Crippen LogP contribution in [0, 0.1) is 6.92 Å². The van der Waals surface area contributed by atoms with Gasteiger partial charge in [0.1, 0.15) is 0 Å². The standard InChI is InChI=1S/C18H19ClN2O2S/c1-13-3-9-17(10-4-13)21(12-24-23)18(22)14(2)11-20-16-7-5-15(19)6-8-16/h3-11,20,23H,12H2,1-2H3/b14-11-. The van der Waals surface area contributed by atoms with Crippen molar-refractivity contribution in [2.24, 2.45) is 0 Å². The minimum absolute atomic E-state index is 0.161. The number of anilines is 2. The van der Waals surface area contributed by atoms with Gasteiger partial charge >= 0.3 is 0 Å². The van der Waals surface area contributed by atoms with Gasteiger partial charge in [0, 0.05) is 40.2 Å². The van der Waals surface area contributed by atoms with Crippen molar-refractivity contribution < 1.29 is 9.35 Å². The molecule has 0 saturated heterocycles. The summed E-state index contributed by atoms with van der Waals surface area (Å²) in [4.78, 5) is 14.2. The van der Waals surface area contributed by atoms with Crippen LogP contribution in [0.15, 0.2) is 60.3 Å². The minimum atomic E-state index is -0.179. The molecule has 2 rings (SSSR count). The zero-order valence-electron chi connectivity index (χ0n) is 13.5. The van der Waals surface area contributed by atoms with E-state index in [1.165, 1.54) is 4.90 Å². The molecule has 0 aromatic heterocycles. The van der Waals surface area contributed by atoms with Crippen molar-refractivity contribution in [3.8, 4) is 0 Å². The highest BCUT2D eigenvalue weighted by atomic mass is 35.5. The van der Waals surface area contributed by atoms with E-state index in [1.54, 1.807) is 25.3 Å². The molecule has 0 spiro atoms. The van der Waals surface area contributed by atoms with Crippen LogP contribution in [-0.4, -0.2) is 16.3 Å². The highest BCUT2D eigenvalue weighted by Crippen LogP contribution is 2.20. The normalized spacial score (nSPS) is 11.2. The third-order valence-corrected chi connectivity index (χ3v) is 4.04. The van der Waals surface area contributed by atoms with Gasteiger partial charge in [-0.2, -0.15) is 0 Å². The van der Waals surface area contributed by atoms with Gasteiger partial charge in [0.2, 0.25) is 0 Å². The van der Waals surface area contributed by atoms with Crippen LogP contribution in [0.5, 0.6) is 0 Å². The average Bonchev–Trinajstić information content (AvgIpc) is 2.59. The highest BCUT2D eigenvalue weighted by molar-refractivity contribution is 7.93. The first-order chi connectivity index (χ1) is 11.5. The van der Waals surface area contributed by atoms with Crippen molar-refractivity contribution in [3.05, 3.63) is 70.9 Å². The third-order valence-electron chi connectivity index (χ3n) is 3.41. The second kappa shape index (κ2) is 8.78. The number of nitrogens with one attached hydrogen (secondary N) is 1. The lowest BCUT2D eigenvalue weighted by Crippen LogP contribution is -2.31. The average molecular weight is 363 g/mol. The Hall–Kier alpha value is -1.95. The lowest BCUT2D eigenvalue weighted by atomic mass is 10.2. The van der Waals surface area contributed by atoms with Crippen LogP contribution < -0.4 is 10.2 Å². The van der Waals surface area contributed by atoms with Crippen LogP contribution in [0.4, 0.5) is 11.4 Å². The van der Waals surface area contributed by atoms with Crippen LogP contribution in [0.25, 0.3) is 0 Å². The predicted octanol–water partition coefficient (Wildman–Crippen LogP) is 5.16. The Bertz CT molecular complexity index is 715. The molecule has 0 aliphatic carbocycles. The Morgan fingerprint density at radius 3 is 2.42 bits per heavy atom. The smallest absolute Gasteiger partial charge is 0.256 e. The van der Waals surface area contributed by atoms with Crippen LogP contribution in [0.1, 0.15) is 12.5 Å². The maximum absolute atomic E-state index is 12.7. The zero-order valence-corrected chi connectivity index (χ0v) is 15.1. The van der Waals surface area contributed by atoms with Crippen molar-refractivity contribution in [2.45, 2.75) is 13.8 Å². The zero-order chi connectivity index (χ0) is 17.5. The fourth-order valence-corrected chi connectivity index (χ4v) is 2.55. The molecule has 0 aliphatic heterocycles. The molecule has 4 nitrogen and oxygen atoms in total. The number of amides is 1. The first kappa shape index (κ1) is 18.4. The maximum Gasteiger partial charge on any atom is 0.256 e. The van der Waals surface area contributed by atoms with Crippen LogP contribution >= 0.6 is 23.6 Å². The Balaban J connectivity index is 2.14. The van der Waals surface area contributed by atoms with E-state index in [9.17, 15) is 9.35 Å². The molecule has 0 unspecified atom stereocenters. The monoisotopic (exact) mass is 362 g/mol. The van der Waals surface area contributed by atoms with Crippen LogP contribution in [0.3, 0.4) is 0 Å². The van der Waals surface area contributed by atoms with E-state index < -0.39 is 0 Å². The number of aryl methyl sites for hydroxylation is 1. The molecule has 2 aromatic rings. The van der Waals surface area contributed by atoms with E-state index in [0.29, 0.717) is 22.6 Å². The van der Waals surface area contributed by atoms with E-state index >= 15 is 0 Å². The fourth-order valence-electron chi connectivity index (χ4n) is 2.05. The molecular formula is C18H19ClN2O2S. The van der Waals surface area contributed by atoms with Gasteiger partial charge in [0.25, 0.3) is 5.91 Å². The number of hydrogen-bond donors (Lipinski definition) is 2. The quantitative estimate of drug-likeness (QED) is 0.423. The maximum atomic E-state index is 12.7. The van der Waals surface area contributed by atoms with Crippen molar-refractivity contribution in [2.75, 3.05) is 16.1 Å². The van der Waals surface area contributed by atoms with Crippen molar-refractivity contribution in [1.29, 1.82) is 0 Å². The van der Waals surface area contributed by atoms with Gasteiger partial charge in [-0.15, -0.1) is 0 Å². The first-order valence-corrected chi connectivity index (χ1v) is 8.67. The Morgan fingerprint density at radius 2 is 1.83 bits per heavy atom. The van der Waals surface area contributed by atoms with Crippen molar-refractivity contribution >= 4 is 40.9 Å². The van der Waals surface area contributed by atoms with Crippen LogP contribution in [0.2, 0.25) is 5.02 Å². The topological polar surface area (TPSA) is 52.6 Å². The highest BCUT2D eigenvalue weighted by Gasteiger charge is 2.17. The third kappa shape index (κ3) is 5.03. The van der Waals surface area contributed by atoms with E-state index in [2.05, 4.69) is 5.32 Å². The SMILES string of the molecule is C/C(=C/Nc1ccc(Cl)cc1)C(=O)N(CSO)c1ccc(C)cc1. The lowest BCUT2D eigenvalue weighted by molar-refractivity contribution is -0.114. The molecule has 0 atom stereocenters. The molecular weight excluding hydrogens is 344 g/mol. The number of nitrogens with zero attached hydrogens (tertiary/aromatic N) is 1. The number of carbonyl (C=O) groups is 1. The van der Waals surface area contributed by atoms with E-state index in [4.69, 9.17) is 11.6 Å². The Kier molecular flexibility index (Phi) is 6.73. The number of hydrogen-bond acceptors (Lipinski definition) is 4. The Labute approximate surface area is 151 Å². The molecule has 0 heterocycles. The first-order valence-electron chi connectivity index (χ1n) is 7.35. The van der Waals surface area contributed by atoms with E-state index in [-0.39, 0.29) is 11.8 Å². The molecule has 126 valence electrons. The van der Waals surface area contributed by atoms with Gasteiger partial charge < -0.3 is 9.87 Å². The van der Waals surface area contributed by atoms with Gasteiger partial charge in [0.05, 0.1) is 5.88 Å². The summed E-state index contributed by atoms with van der Waals surface area (Å²) in [6.45, 7) is 3.71. The van der Waals surface area contributed by atoms with Gasteiger partial charge in [-0.05, 0) is 50.2 Å². The molecule has 0 fully saturated rings. The Morgan fingerprint density at radius 1 is 1.21 bits per heavy atom. The number of halogens is 1. The van der Waals surface area contributed by atoms with Gasteiger partial charge in [0.15, 0.2) is 0 Å². The summed E-state index contributed by atoms with van der Waals surface area (Å²) < 4.78 is 9.19. The fraction of sp³-hybridized carbons (Fsp3) is 0.167. The summed E-state index contributed by atoms with van der Waals surface area (Å²) in [5, 5.41) is 3.73. The summed E-state index contributed by atoms with van der Waals surface area (Å²) in [6.07, 6.45) is 1.65. The minimum Gasteiger partial charge on any atom is -0.361 e. The molecule has 6 heteroatoms. The molecule has 0 saturated carbocycles. The molecule has 0 aliphatic rings. The second-order valence-corrected chi connectivity index (χ2v) is 6.26. The molecule has 0 bridgehead atoms. The molecule has 2 N–H and O–H groups in total.